The molecule has 0 unspecified atom stereocenters. The van der Waals surface area contributed by atoms with Gasteiger partial charge in [-0.1, -0.05) is 12.1 Å². The number of anilines is 1. The van der Waals surface area contributed by atoms with Crippen molar-refractivity contribution in [3.05, 3.63) is 58.6 Å². The normalized spacial score (nSPS) is 10.7. The Morgan fingerprint density at radius 3 is 2.75 bits per heavy atom. The summed E-state index contributed by atoms with van der Waals surface area (Å²) in [5, 5.41) is 10.6. The summed E-state index contributed by atoms with van der Waals surface area (Å²) in [6, 6.07) is 8.34. The second-order valence-electron chi connectivity index (χ2n) is 4.53. The Kier molecular flexibility index (Phi) is 3.73. The van der Waals surface area contributed by atoms with Gasteiger partial charge < -0.3 is 5.32 Å². The molecule has 3 rings (SSSR count). The third-order valence-corrected chi connectivity index (χ3v) is 3.84. The number of nitrogens with one attached hydrogen (secondary N) is 1. The lowest BCUT2D eigenvalue weighted by Crippen LogP contribution is -2.01. The zero-order chi connectivity index (χ0) is 13.8. The van der Waals surface area contributed by atoms with Gasteiger partial charge in [-0.3, -0.25) is 0 Å². The zero-order valence-electron chi connectivity index (χ0n) is 11.2. The molecule has 3 aromatic rings. The van der Waals surface area contributed by atoms with Crippen molar-refractivity contribution in [3.8, 4) is 0 Å². The molecule has 0 aliphatic carbocycles. The second-order valence-corrected chi connectivity index (χ2v) is 5.47. The van der Waals surface area contributed by atoms with Gasteiger partial charge in [-0.15, -0.1) is 11.3 Å². The van der Waals surface area contributed by atoms with Crippen molar-refractivity contribution in [2.45, 2.75) is 20.0 Å². The van der Waals surface area contributed by atoms with Gasteiger partial charge in [-0.25, -0.2) is 14.6 Å². The largest absolute Gasteiger partial charge is 0.379 e. The van der Waals surface area contributed by atoms with Gasteiger partial charge in [-0.05, 0) is 24.6 Å². The van der Waals surface area contributed by atoms with E-state index in [4.69, 9.17) is 0 Å². The molecule has 0 bridgehead atoms. The number of nitrogens with zero attached hydrogens (tertiary/aromatic N) is 4. The second kappa shape index (κ2) is 5.83. The summed E-state index contributed by atoms with van der Waals surface area (Å²) in [5.74, 6) is 0. The van der Waals surface area contributed by atoms with Crippen LogP contribution in [0.1, 0.15) is 16.3 Å². The predicted molar refractivity (Wildman–Crippen MR) is 79.7 cm³/mol. The highest BCUT2D eigenvalue weighted by Crippen LogP contribution is 2.14. The lowest BCUT2D eigenvalue weighted by Gasteiger charge is -2.06. The standard InChI is InChI=1S/C14H15N5S/c1-11-8-20-14(18-11)6-16-13-4-2-12(3-5-13)7-19-10-15-9-17-19/h2-5,8-10,16H,6-7H2,1H3. The Morgan fingerprint density at radius 2 is 2.10 bits per heavy atom. The van der Waals surface area contributed by atoms with E-state index in [1.54, 1.807) is 28.7 Å². The van der Waals surface area contributed by atoms with Crippen molar-refractivity contribution in [1.82, 2.24) is 19.7 Å². The summed E-state index contributed by atoms with van der Waals surface area (Å²) < 4.78 is 1.81. The first kappa shape index (κ1) is 12.8. The molecule has 0 saturated heterocycles. The molecule has 102 valence electrons. The number of benzene rings is 1. The zero-order valence-corrected chi connectivity index (χ0v) is 12.0. The summed E-state index contributed by atoms with van der Waals surface area (Å²) in [5.41, 5.74) is 3.38. The molecular weight excluding hydrogens is 270 g/mol. The maximum absolute atomic E-state index is 4.43. The first-order valence-electron chi connectivity index (χ1n) is 6.36. The fourth-order valence-electron chi connectivity index (χ4n) is 1.89. The maximum atomic E-state index is 4.43. The van der Waals surface area contributed by atoms with Gasteiger partial charge in [0.1, 0.15) is 17.7 Å². The molecule has 20 heavy (non-hydrogen) atoms. The lowest BCUT2D eigenvalue weighted by molar-refractivity contribution is 0.685. The Bertz CT molecular complexity index is 657. The topological polar surface area (TPSA) is 55.6 Å². The maximum Gasteiger partial charge on any atom is 0.137 e. The minimum atomic E-state index is 0.742. The van der Waals surface area contributed by atoms with Crippen LogP contribution >= 0.6 is 11.3 Å². The highest BCUT2D eigenvalue weighted by molar-refractivity contribution is 7.09. The molecule has 0 amide bonds. The highest BCUT2D eigenvalue weighted by Gasteiger charge is 2.00. The minimum absolute atomic E-state index is 0.742. The Balaban J connectivity index is 1.58. The van der Waals surface area contributed by atoms with Crippen LogP contribution in [0.25, 0.3) is 0 Å². The molecule has 1 N–H and O–H groups in total. The van der Waals surface area contributed by atoms with Crippen LogP contribution in [0.3, 0.4) is 0 Å². The van der Waals surface area contributed by atoms with Crippen molar-refractivity contribution in [1.29, 1.82) is 0 Å². The number of aryl methyl sites for hydroxylation is 1. The van der Waals surface area contributed by atoms with Crippen molar-refractivity contribution in [3.63, 3.8) is 0 Å². The van der Waals surface area contributed by atoms with E-state index in [0.717, 1.165) is 29.5 Å². The molecule has 0 radical (unpaired) electrons. The third-order valence-electron chi connectivity index (χ3n) is 2.88. The van der Waals surface area contributed by atoms with Gasteiger partial charge in [-0.2, -0.15) is 5.10 Å². The molecule has 0 fully saturated rings. The molecule has 0 aliphatic heterocycles. The van der Waals surface area contributed by atoms with Crippen molar-refractivity contribution in [2.75, 3.05) is 5.32 Å². The fourth-order valence-corrected chi connectivity index (χ4v) is 2.60. The van der Waals surface area contributed by atoms with E-state index in [9.17, 15) is 0 Å². The van der Waals surface area contributed by atoms with E-state index >= 15 is 0 Å². The molecule has 6 heteroatoms. The summed E-state index contributed by atoms with van der Waals surface area (Å²) in [6.07, 6.45) is 3.27. The average molecular weight is 285 g/mol. The molecule has 2 heterocycles. The molecule has 5 nitrogen and oxygen atoms in total. The quantitative estimate of drug-likeness (QED) is 0.783. The molecule has 0 spiro atoms. The first-order valence-corrected chi connectivity index (χ1v) is 7.24. The third kappa shape index (κ3) is 3.21. The number of hydrogen-bond donors (Lipinski definition) is 1. The molecule has 1 aromatic carbocycles. The molecule has 0 saturated carbocycles. The number of hydrogen-bond acceptors (Lipinski definition) is 5. The summed E-state index contributed by atoms with van der Waals surface area (Å²) in [4.78, 5) is 8.37. The Hall–Kier alpha value is -2.21. The van der Waals surface area contributed by atoms with Crippen molar-refractivity contribution in [2.24, 2.45) is 0 Å². The van der Waals surface area contributed by atoms with Crippen LogP contribution in [0.4, 0.5) is 5.69 Å². The monoisotopic (exact) mass is 285 g/mol. The highest BCUT2D eigenvalue weighted by atomic mass is 32.1. The van der Waals surface area contributed by atoms with Crippen LogP contribution in [-0.2, 0) is 13.1 Å². The van der Waals surface area contributed by atoms with Gasteiger partial charge in [0.05, 0.1) is 13.1 Å². The average Bonchev–Trinajstić information content (AvgIpc) is 3.10. The smallest absolute Gasteiger partial charge is 0.137 e. The summed E-state index contributed by atoms with van der Waals surface area (Å²) in [6.45, 7) is 3.52. The number of thiazole rings is 1. The van der Waals surface area contributed by atoms with Gasteiger partial charge in [0.15, 0.2) is 0 Å². The van der Waals surface area contributed by atoms with Crippen LogP contribution in [0, 0.1) is 6.92 Å². The Morgan fingerprint density at radius 1 is 1.25 bits per heavy atom. The number of rotatable bonds is 5. The predicted octanol–water partition coefficient (Wildman–Crippen LogP) is 2.70. The SMILES string of the molecule is Cc1csc(CNc2ccc(Cn3cncn3)cc2)n1. The van der Waals surface area contributed by atoms with Crippen molar-refractivity contribution < 1.29 is 0 Å². The van der Waals surface area contributed by atoms with Crippen LogP contribution in [0.2, 0.25) is 0 Å². The Labute approximate surface area is 121 Å². The summed E-state index contributed by atoms with van der Waals surface area (Å²) >= 11 is 1.68. The van der Waals surface area contributed by atoms with Crippen molar-refractivity contribution >= 4 is 17.0 Å². The fraction of sp³-hybridized carbons (Fsp3) is 0.214. The number of aromatic nitrogens is 4. The van der Waals surface area contributed by atoms with E-state index < -0.39 is 0 Å². The summed E-state index contributed by atoms with van der Waals surface area (Å²) in [7, 11) is 0. The molecule has 0 atom stereocenters. The van der Waals surface area contributed by atoms with Crippen LogP contribution in [0.5, 0.6) is 0 Å². The van der Waals surface area contributed by atoms with Crippen LogP contribution in [0.15, 0.2) is 42.3 Å². The molecule has 2 aromatic heterocycles. The van der Waals surface area contributed by atoms with Crippen LogP contribution < -0.4 is 5.32 Å². The van der Waals surface area contributed by atoms with Gasteiger partial charge in [0, 0.05) is 16.8 Å². The van der Waals surface area contributed by atoms with E-state index in [1.165, 1.54) is 5.56 Å². The van der Waals surface area contributed by atoms with E-state index in [1.807, 2.05) is 6.92 Å². The van der Waals surface area contributed by atoms with Gasteiger partial charge >= 0.3 is 0 Å². The van der Waals surface area contributed by atoms with Gasteiger partial charge in [0.25, 0.3) is 0 Å². The van der Waals surface area contributed by atoms with E-state index in [0.29, 0.717) is 0 Å². The van der Waals surface area contributed by atoms with Crippen LogP contribution in [-0.4, -0.2) is 19.7 Å². The minimum Gasteiger partial charge on any atom is -0.379 e. The van der Waals surface area contributed by atoms with Gasteiger partial charge in [0.2, 0.25) is 0 Å². The molecule has 0 aliphatic rings. The van der Waals surface area contributed by atoms with E-state index in [2.05, 4.69) is 50.0 Å². The van der Waals surface area contributed by atoms with E-state index in [-0.39, 0.29) is 0 Å². The lowest BCUT2D eigenvalue weighted by atomic mass is 10.2. The first-order chi connectivity index (χ1) is 9.79. The molecular formula is C14H15N5S.